The molecule has 1 nitrogen and oxygen atoms in total. The summed E-state index contributed by atoms with van der Waals surface area (Å²) in [5, 5.41) is 2.15. The van der Waals surface area contributed by atoms with E-state index in [4.69, 9.17) is 0 Å². The first-order chi connectivity index (χ1) is 7.77. The van der Waals surface area contributed by atoms with Gasteiger partial charge in [0.2, 0.25) is 0 Å². The molecule has 1 rings (SSSR count). The minimum Gasteiger partial charge on any atom is -0.308 e. The van der Waals surface area contributed by atoms with Gasteiger partial charge < -0.3 is 5.32 Å². The molecule has 1 aromatic rings. The van der Waals surface area contributed by atoms with Crippen LogP contribution in [0.2, 0.25) is 0 Å². The van der Waals surface area contributed by atoms with Crippen LogP contribution in [0.1, 0.15) is 17.2 Å². The summed E-state index contributed by atoms with van der Waals surface area (Å²) in [4.78, 5) is 0. The zero-order chi connectivity index (χ0) is 13.2. The van der Waals surface area contributed by atoms with Crippen molar-refractivity contribution in [3.05, 3.63) is 35.1 Å². The summed E-state index contributed by atoms with van der Waals surface area (Å²) in [6.45, 7) is 0. The maximum Gasteiger partial charge on any atom is 0.416 e. The van der Waals surface area contributed by atoms with Crippen LogP contribution in [0.25, 0.3) is 0 Å². The largest absolute Gasteiger partial charge is 0.416 e. The van der Waals surface area contributed by atoms with Gasteiger partial charge in [0.05, 0.1) is 11.6 Å². The van der Waals surface area contributed by atoms with Crippen molar-refractivity contribution in [2.75, 3.05) is 7.05 Å². The van der Waals surface area contributed by atoms with Crippen molar-refractivity contribution >= 4 is 0 Å². The van der Waals surface area contributed by atoms with E-state index in [-0.39, 0.29) is 6.07 Å². The molecule has 0 amide bonds. The molecular weight excluding hydrogens is 248 g/mol. The van der Waals surface area contributed by atoms with Crippen LogP contribution in [0.5, 0.6) is 0 Å². The van der Waals surface area contributed by atoms with Gasteiger partial charge in [-0.15, -0.1) is 0 Å². The molecule has 0 heterocycles. The summed E-state index contributed by atoms with van der Waals surface area (Å²) >= 11 is 0. The topological polar surface area (TPSA) is 12.0 Å². The quantitative estimate of drug-likeness (QED) is 0.818. The molecule has 0 bridgehead atoms. The van der Waals surface area contributed by atoms with Crippen LogP contribution < -0.4 is 5.32 Å². The number of benzene rings is 1. The number of hydrogen-bond acceptors (Lipinski definition) is 1. The second-order valence-electron chi connectivity index (χ2n) is 3.33. The van der Waals surface area contributed by atoms with Gasteiger partial charge in [0, 0.05) is 5.56 Å². The summed E-state index contributed by atoms with van der Waals surface area (Å²) in [7, 11) is 1.17. The highest BCUT2D eigenvalue weighted by Crippen LogP contribution is 2.32. The molecule has 1 atom stereocenters. The smallest absolute Gasteiger partial charge is 0.308 e. The van der Waals surface area contributed by atoms with Crippen molar-refractivity contribution in [1.29, 1.82) is 0 Å². The van der Waals surface area contributed by atoms with Gasteiger partial charge in [-0.1, -0.05) is 6.07 Å². The van der Waals surface area contributed by atoms with Gasteiger partial charge in [-0.3, -0.25) is 0 Å². The molecule has 0 aliphatic rings. The molecule has 0 aromatic heterocycles. The molecular formula is C10H9F6N. The van der Waals surface area contributed by atoms with Gasteiger partial charge in [-0.05, 0) is 19.2 Å². The molecule has 1 N–H and O–H groups in total. The van der Waals surface area contributed by atoms with Gasteiger partial charge in [-0.25, -0.2) is 13.2 Å². The van der Waals surface area contributed by atoms with Gasteiger partial charge in [-0.2, -0.15) is 13.2 Å². The molecule has 0 radical (unpaired) electrons. The third kappa shape index (κ3) is 3.12. The molecule has 0 spiro atoms. The normalized spacial score (nSPS) is 14.1. The average molecular weight is 257 g/mol. The van der Waals surface area contributed by atoms with Crippen LogP contribution in [-0.2, 0) is 6.18 Å². The van der Waals surface area contributed by atoms with Crippen LogP contribution in [0.4, 0.5) is 26.3 Å². The van der Waals surface area contributed by atoms with Crippen molar-refractivity contribution in [2.24, 2.45) is 0 Å². The van der Waals surface area contributed by atoms with E-state index in [9.17, 15) is 26.3 Å². The fourth-order valence-corrected chi connectivity index (χ4v) is 1.37. The molecule has 0 aliphatic heterocycles. The van der Waals surface area contributed by atoms with Crippen LogP contribution in [0.3, 0.4) is 0 Å². The summed E-state index contributed by atoms with van der Waals surface area (Å²) in [6, 6.07) is -0.129. The first kappa shape index (κ1) is 13.8. The fraction of sp³-hybridized carbons (Fsp3) is 0.400. The highest BCUT2D eigenvalue weighted by atomic mass is 19.4. The maximum atomic E-state index is 13.3. The van der Waals surface area contributed by atoms with E-state index >= 15 is 0 Å². The predicted octanol–water partition coefficient (Wildman–Crippen LogP) is 3.37. The Morgan fingerprint density at radius 3 is 2.12 bits per heavy atom. The van der Waals surface area contributed by atoms with E-state index in [1.54, 1.807) is 0 Å². The zero-order valence-electron chi connectivity index (χ0n) is 8.65. The second kappa shape index (κ2) is 4.95. The standard InChI is InChI=1S/C10H9F6N/c1-17-8(9(12)13)6-3-2-5(4-7(6)11)10(14,15)16/h2-4,8-9,17H,1H3/t8-/m0/s1. The van der Waals surface area contributed by atoms with Crippen molar-refractivity contribution in [2.45, 2.75) is 18.6 Å². The monoisotopic (exact) mass is 257 g/mol. The maximum absolute atomic E-state index is 13.3. The minimum absolute atomic E-state index is 0.210. The van der Waals surface area contributed by atoms with Crippen molar-refractivity contribution in [3.8, 4) is 0 Å². The molecule has 96 valence electrons. The molecule has 0 unspecified atom stereocenters. The Labute approximate surface area is 93.4 Å². The van der Waals surface area contributed by atoms with E-state index < -0.39 is 35.6 Å². The number of hydrogen-bond donors (Lipinski definition) is 1. The first-order valence-electron chi connectivity index (χ1n) is 4.59. The highest BCUT2D eigenvalue weighted by molar-refractivity contribution is 5.29. The van der Waals surface area contributed by atoms with E-state index in [1.165, 1.54) is 7.05 Å². The van der Waals surface area contributed by atoms with Crippen molar-refractivity contribution in [1.82, 2.24) is 5.32 Å². The van der Waals surface area contributed by atoms with Crippen molar-refractivity contribution < 1.29 is 26.3 Å². The van der Waals surface area contributed by atoms with Crippen LogP contribution >= 0.6 is 0 Å². The molecule has 1 aromatic carbocycles. The Morgan fingerprint density at radius 1 is 1.18 bits per heavy atom. The molecule has 7 heteroatoms. The van der Waals surface area contributed by atoms with Crippen LogP contribution in [0, 0.1) is 5.82 Å². The average Bonchev–Trinajstić information content (AvgIpc) is 2.19. The lowest BCUT2D eigenvalue weighted by Crippen LogP contribution is -2.25. The van der Waals surface area contributed by atoms with Crippen LogP contribution in [0.15, 0.2) is 18.2 Å². The minimum atomic E-state index is -4.70. The first-order valence-corrected chi connectivity index (χ1v) is 4.59. The lowest BCUT2D eigenvalue weighted by Gasteiger charge is -2.17. The molecule has 17 heavy (non-hydrogen) atoms. The molecule has 0 saturated carbocycles. The van der Waals surface area contributed by atoms with E-state index in [2.05, 4.69) is 5.32 Å². The third-order valence-corrected chi connectivity index (χ3v) is 2.23. The summed E-state index contributed by atoms with van der Waals surface area (Å²) in [6.07, 6.45) is -7.61. The Hall–Kier alpha value is -1.24. The second-order valence-corrected chi connectivity index (χ2v) is 3.33. The summed E-state index contributed by atoms with van der Waals surface area (Å²) in [5.41, 5.74) is -1.70. The number of halogens is 6. The van der Waals surface area contributed by atoms with E-state index in [0.717, 1.165) is 0 Å². The van der Waals surface area contributed by atoms with Gasteiger partial charge >= 0.3 is 6.18 Å². The highest BCUT2D eigenvalue weighted by Gasteiger charge is 2.32. The Balaban J connectivity index is 3.13. The fourth-order valence-electron chi connectivity index (χ4n) is 1.37. The Bertz CT molecular complexity index is 387. The SMILES string of the molecule is CN[C@@H](c1ccc(C(F)(F)F)cc1F)C(F)F. The van der Waals surface area contributed by atoms with E-state index in [1.807, 2.05) is 0 Å². The number of rotatable bonds is 3. The molecule has 0 saturated heterocycles. The van der Waals surface area contributed by atoms with Gasteiger partial charge in [0.25, 0.3) is 6.43 Å². The van der Waals surface area contributed by atoms with Gasteiger partial charge in [0.15, 0.2) is 0 Å². The van der Waals surface area contributed by atoms with E-state index in [0.29, 0.717) is 12.1 Å². The number of nitrogens with one attached hydrogen (secondary N) is 1. The zero-order valence-corrected chi connectivity index (χ0v) is 8.65. The van der Waals surface area contributed by atoms with Crippen LogP contribution in [-0.4, -0.2) is 13.5 Å². The Morgan fingerprint density at radius 2 is 1.76 bits per heavy atom. The van der Waals surface area contributed by atoms with Crippen molar-refractivity contribution in [3.63, 3.8) is 0 Å². The predicted molar refractivity (Wildman–Crippen MR) is 49.2 cm³/mol. The third-order valence-electron chi connectivity index (χ3n) is 2.23. The summed E-state index contributed by atoms with van der Waals surface area (Å²) in [5.74, 6) is -1.31. The lowest BCUT2D eigenvalue weighted by molar-refractivity contribution is -0.137. The molecule has 0 aliphatic carbocycles. The summed E-state index contributed by atoms with van der Waals surface area (Å²) < 4.78 is 74.8. The molecule has 0 fully saturated rings. The number of alkyl halides is 5. The van der Waals surface area contributed by atoms with Gasteiger partial charge in [0.1, 0.15) is 5.82 Å². The lowest BCUT2D eigenvalue weighted by atomic mass is 10.0. The Kier molecular flexibility index (Phi) is 4.03.